The van der Waals surface area contributed by atoms with E-state index in [-0.39, 0.29) is 0 Å². The molecule has 78 valence electrons. The highest BCUT2D eigenvalue weighted by Crippen LogP contribution is 2.42. The normalized spacial score (nSPS) is 23.6. The average Bonchev–Trinajstić information content (AvgIpc) is 2.54. The molecule has 0 amide bonds. The number of fused-ring (bicyclic) bond motifs is 3. The number of hydrogen-bond donors (Lipinski definition) is 0. The highest BCUT2D eigenvalue weighted by molar-refractivity contribution is 5.82. The molecule has 1 aromatic rings. The molecule has 1 aromatic carbocycles. The van der Waals surface area contributed by atoms with Crippen LogP contribution in [0.1, 0.15) is 13.3 Å². The minimum atomic E-state index is 0.702. The van der Waals surface area contributed by atoms with Crippen molar-refractivity contribution in [1.29, 1.82) is 0 Å². The van der Waals surface area contributed by atoms with Crippen molar-refractivity contribution >= 4 is 11.4 Å². The molecule has 0 bridgehead atoms. The molecule has 3 rings (SSSR count). The van der Waals surface area contributed by atoms with Gasteiger partial charge in [0.05, 0.1) is 11.4 Å². The molecule has 2 aliphatic rings. The maximum Gasteiger partial charge on any atom is 0.109 e. The summed E-state index contributed by atoms with van der Waals surface area (Å²) < 4.78 is 0. The van der Waals surface area contributed by atoms with Gasteiger partial charge in [0.15, 0.2) is 0 Å². The fourth-order valence-corrected chi connectivity index (χ4v) is 2.51. The molecule has 0 aromatic heterocycles. The van der Waals surface area contributed by atoms with Crippen LogP contribution >= 0.6 is 0 Å². The fourth-order valence-electron chi connectivity index (χ4n) is 2.51. The van der Waals surface area contributed by atoms with Crippen LogP contribution in [-0.4, -0.2) is 13.6 Å². The zero-order valence-electron chi connectivity index (χ0n) is 9.27. The summed E-state index contributed by atoms with van der Waals surface area (Å²) in [7, 11) is 2.16. The lowest BCUT2D eigenvalue weighted by Gasteiger charge is -2.29. The second-order valence-corrected chi connectivity index (χ2v) is 4.49. The van der Waals surface area contributed by atoms with E-state index in [9.17, 15) is 0 Å². The van der Waals surface area contributed by atoms with Gasteiger partial charge in [-0.2, -0.15) is 0 Å². The Balaban J connectivity index is 2.13. The Morgan fingerprint density at radius 3 is 2.73 bits per heavy atom. The van der Waals surface area contributed by atoms with Crippen LogP contribution in [0.5, 0.6) is 0 Å². The Bertz CT molecular complexity index is 422. The van der Waals surface area contributed by atoms with Gasteiger partial charge in [-0.25, -0.2) is 0 Å². The molecule has 0 radical (unpaired) electrons. The van der Waals surface area contributed by atoms with E-state index >= 15 is 0 Å². The lowest BCUT2D eigenvalue weighted by molar-refractivity contribution is 0.605. The minimum Gasteiger partial charge on any atom is -0.329 e. The lowest BCUT2D eigenvalue weighted by Crippen LogP contribution is -2.31. The molecule has 0 saturated heterocycles. The van der Waals surface area contributed by atoms with Crippen molar-refractivity contribution in [3.8, 4) is 0 Å². The van der Waals surface area contributed by atoms with Crippen molar-refractivity contribution in [2.24, 2.45) is 5.92 Å². The lowest BCUT2D eigenvalue weighted by atomic mass is 10.0. The highest BCUT2D eigenvalue weighted by Gasteiger charge is 2.30. The number of nitrogens with zero attached hydrogens (tertiary/aromatic N) is 2. The number of para-hydroxylation sites is 2. The Kier molecular flexibility index (Phi) is 1.78. The smallest absolute Gasteiger partial charge is 0.109 e. The molecule has 0 spiro atoms. The second-order valence-electron chi connectivity index (χ2n) is 4.49. The van der Waals surface area contributed by atoms with Gasteiger partial charge in [-0.1, -0.05) is 19.1 Å². The van der Waals surface area contributed by atoms with E-state index in [1.807, 2.05) is 0 Å². The summed E-state index contributed by atoms with van der Waals surface area (Å²) >= 11 is 0. The van der Waals surface area contributed by atoms with E-state index in [1.54, 1.807) is 0 Å². The SMILES string of the molecule is CC1C=C2N(C)c3ccccc3N2CC1. The highest BCUT2D eigenvalue weighted by atomic mass is 15.4. The molecule has 0 aliphatic carbocycles. The monoisotopic (exact) mass is 200 g/mol. The summed E-state index contributed by atoms with van der Waals surface area (Å²) in [5.74, 6) is 2.06. The van der Waals surface area contributed by atoms with Gasteiger partial charge in [-0.05, 0) is 30.5 Å². The Morgan fingerprint density at radius 2 is 1.93 bits per heavy atom. The van der Waals surface area contributed by atoms with Crippen LogP contribution in [-0.2, 0) is 0 Å². The maximum atomic E-state index is 2.43. The number of rotatable bonds is 0. The quantitative estimate of drug-likeness (QED) is 0.635. The molecule has 2 heteroatoms. The first-order valence-corrected chi connectivity index (χ1v) is 5.59. The van der Waals surface area contributed by atoms with E-state index < -0.39 is 0 Å². The number of anilines is 2. The van der Waals surface area contributed by atoms with E-state index in [0.717, 1.165) is 6.54 Å². The molecule has 1 atom stereocenters. The first-order chi connectivity index (χ1) is 7.27. The number of allylic oxidation sites excluding steroid dienone is 1. The van der Waals surface area contributed by atoms with Crippen molar-refractivity contribution in [1.82, 2.24) is 0 Å². The van der Waals surface area contributed by atoms with Crippen LogP contribution in [0.25, 0.3) is 0 Å². The molecule has 0 N–H and O–H groups in total. The topological polar surface area (TPSA) is 6.48 Å². The van der Waals surface area contributed by atoms with Gasteiger partial charge < -0.3 is 9.80 Å². The first kappa shape index (κ1) is 8.84. The van der Waals surface area contributed by atoms with E-state index in [4.69, 9.17) is 0 Å². The van der Waals surface area contributed by atoms with Gasteiger partial charge in [0.1, 0.15) is 5.82 Å². The summed E-state index contributed by atoms with van der Waals surface area (Å²) in [6.07, 6.45) is 3.63. The third kappa shape index (κ3) is 1.17. The fraction of sp³-hybridized carbons (Fsp3) is 0.385. The van der Waals surface area contributed by atoms with Crippen LogP contribution in [0, 0.1) is 5.92 Å². The third-order valence-electron chi connectivity index (χ3n) is 3.40. The van der Waals surface area contributed by atoms with Crippen LogP contribution in [0.3, 0.4) is 0 Å². The van der Waals surface area contributed by atoms with Gasteiger partial charge >= 0.3 is 0 Å². The summed E-state index contributed by atoms with van der Waals surface area (Å²) in [6, 6.07) is 8.63. The van der Waals surface area contributed by atoms with Crippen molar-refractivity contribution in [2.45, 2.75) is 13.3 Å². The van der Waals surface area contributed by atoms with Crippen LogP contribution < -0.4 is 9.80 Å². The summed E-state index contributed by atoms with van der Waals surface area (Å²) in [4.78, 5) is 4.72. The van der Waals surface area contributed by atoms with Crippen molar-refractivity contribution in [3.63, 3.8) is 0 Å². The predicted octanol–water partition coefficient (Wildman–Crippen LogP) is 2.82. The minimum absolute atomic E-state index is 0.702. The van der Waals surface area contributed by atoms with Crippen LogP contribution in [0.2, 0.25) is 0 Å². The number of hydrogen-bond acceptors (Lipinski definition) is 2. The molecule has 15 heavy (non-hydrogen) atoms. The zero-order valence-corrected chi connectivity index (χ0v) is 9.27. The summed E-state index contributed by atoms with van der Waals surface area (Å²) in [6.45, 7) is 3.44. The second kappa shape index (κ2) is 3.02. The Hall–Kier alpha value is -1.44. The van der Waals surface area contributed by atoms with E-state index in [2.05, 4.69) is 54.1 Å². The van der Waals surface area contributed by atoms with Crippen molar-refractivity contribution in [3.05, 3.63) is 36.2 Å². The average molecular weight is 200 g/mol. The largest absolute Gasteiger partial charge is 0.329 e. The Morgan fingerprint density at radius 1 is 1.20 bits per heavy atom. The molecule has 0 fully saturated rings. The van der Waals surface area contributed by atoms with Crippen molar-refractivity contribution in [2.75, 3.05) is 23.4 Å². The molecule has 0 saturated carbocycles. The molecule has 2 nitrogen and oxygen atoms in total. The molecule has 2 aliphatic heterocycles. The van der Waals surface area contributed by atoms with E-state index in [0.29, 0.717) is 5.92 Å². The van der Waals surface area contributed by atoms with Gasteiger partial charge in [0.2, 0.25) is 0 Å². The van der Waals surface area contributed by atoms with Gasteiger partial charge in [-0.3, -0.25) is 0 Å². The van der Waals surface area contributed by atoms with Gasteiger partial charge in [-0.15, -0.1) is 0 Å². The van der Waals surface area contributed by atoms with Gasteiger partial charge in [0, 0.05) is 13.6 Å². The zero-order chi connectivity index (χ0) is 10.4. The maximum absolute atomic E-state index is 2.43. The van der Waals surface area contributed by atoms with Gasteiger partial charge in [0.25, 0.3) is 0 Å². The predicted molar refractivity (Wildman–Crippen MR) is 64.1 cm³/mol. The van der Waals surface area contributed by atoms with E-state index in [1.165, 1.54) is 23.6 Å². The number of benzene rings is 1. The van der Waals surface area contributed by atoms with Crippen LogP contribution in [0.4, 0.5) is 11.4 Å². The molecular weight excluding hydrogens is 184 g/mol. The first-order valence-electron chi connectivity index (χ1n) is 5.59. The molecule has 2 heterocycles. The molecule has 1 unspecified atom stereocenters. The standard InChI is InChI=1S/C13H16N2/c1-10-7-8-15-12-6-4-3-5-11(12)14(2)13(15)9-10/h3-6,9-10H,7-8H2,1-2H3. The molecular formula is C13H16N2. The van der Waals surface area contributed by atoms with Crippen LogP contribution in [0.15, 0.2) is 36.2 Å². The van der Waals surface area contributed by atoms with Crippen molar-refractivity contribution < 1.29 is 0 Å². The Labute approximate surface area is 90.8 Å². The third-order valence-corrected chi connectivity index (χ3v) is 3.40. The summed E-state index contributed by atoms with van der Waals surface area (Å²) in [5.41, 5.74) is 2.69. The summed E-state index contributed by atoms with van der Waals surface area (Å²) in [5, 5.41) is 0.